The number of hydrogen-bond donors (Lipinski definition) is 2. The summed E-state index contributed by atoms with van der Waals surface area (Å²) >= 11 is 0. The van der Waals surface area contributed by atoms with E-state index in [9.17, 15) is 9.90 Å². The van der Waals surface area contributed by atoms with E-state index in [1.54, 1.807) is 0 Å². The number of hydrogen-bond acceptors (Lipinski definition) is 3. The van der Waals surface area contributed by atoms with Gasteiger partial charge >= 0.3 is 6.09 Å². The Morgan fingerprint density at radius 3 is 2.24 bits per heavy atom. The van der Waals surface area contributed by atoms with Crippen molar-refractivity contribution in [3.63, 3.8) is 0 Å². The maximum absolute atomic E-state index is 12.2. The van der Waals surface area contributed by atoms with E-state index >= 15 is 0 Å². The van der Waals surface area contributed by atoms with E-state index in [2.05, 4.69) is 29.6 Å². The number of alkyl carbamates (subject to hydrolysis) is 1. The molecule has 2 aromatic carbocycles. The average Bonchev–Trinajstić information content (AvgIpc) is 2.96. The highest BCUT2D eigenvalue weighted by Crippen LogP contribution is 2.44. The Hall–Kier alpha value is -2.33. The molecule has 2 aromatic rings. The zero-order valence-electron chi connectivity index (χ0n) is 14.2. The first-order valence-electron chi connectivity index (χ1n) is 9.03. The lowest BCUT2D eigenvalue weighted by Crippen LogP contribution is -2.45. The Morgan fingerprint density at radius 2 is 1.60 bits per heavy atom. The predicted molar refractivity (Wildman–Crippen MR) is 96.5 cm³/mol. The van der Waals surface area contributed by atoms with Crippen molar-refractivity contribution >= 4 is 6.09 Å². The normalized spacial score (nSPS) is 22.1. The summed E-state index contributed by atoms with van der Waals surface area (Å²) in [4.78, 5) is 12.2. The third-order valence-corrected chi connectivity index (χ3v) is 5.38. The van der Waals surface area contributed by atoms with Gasteiger partial charge in [0.2, 0.25) is 0 Å². The Balaban J connectivity index is 1.45. The Labute approximate surface area is 147 Å². The molecule has 0 radical (unpaired) electrons. The molecule has 2 atom stereocenters. The fraction of sp³-hybridized carbons (Fsp3) is 0.381. The van der Waals surface area contributed by atoms with Gasteiger partial charge in [-0.3, -0.25) is 0 Å². The molecule has 2 aliphatic carbocycles. The second kappa shape index (κ2) is 6.89. The second-order valence-electron chi connectivity index (χ2n) is 6.93. The number of benzene rings is 2. The number of amides is 1. The molecule has 0 aromatic heterocycles. The molecule has 0 aliphatic heterocycles. The smallest absolute Gasteiger partial charge is 0.407 e. The van der Waals surface area contributed by atoms with Gasteiger partial charge in [0.25, 0.3) is 0 Å². The quantitative estimate of drug-likeness (QED) is 0.895. The minimum atomic E-state index is -0.464. The van der Waals surface area contributed by atoms with Gasteiger partial charge in [-0.1, -0.05) is 61.4 Å². The van der Waals surface area contributed by atoms with Crippen molar-refractivity contribution in [1.82, 2.24) is 5.32 Å². The van der Waals surface area contributed by atoms with Gasteiger partial charge < -0.3 is 15.2 Å². The van der Waals surface area contributed by atoms with Crippen LogP contribution in [-0.2, 0) is 4.74 Å². The minimum Gasteiger partial charge on any atom is -0.449 e. The van der Waals surface area contributed by atoms with Crippen molar-refractivity contribution in [2.75, 3.05) is 6.61 Å². The fourth-order valence-electron chi connectivity index (χ4n) is 4.07. The van der Waals surface area contributed by atoms with E-state index in [4.69, 9.17) is 4.74 Å². The van der Waals surface area contributed by atoms with Crippen LogP contribution in [0.5, 0.6) is 0 Å². The highest BCUT2D eigenvalue weighted by atomic mass is 16.5. The highest BCUT2D eigenvalue weighted by molar-refractivity contribution is 5.79. The molecule has 2 N–H and O–H groups in total. The van der Waals surface area contributed by atoms with Gasteiger partial charge in [0, 0.05) is 5.92 Å². The number of fused-ring (bicyclic) bond motifs is 3. The lowest BCUT2D eigenvalue weighted by Gasteiger charge is -2.28. The van der Waals surface area contributed by atoms with E-state index in [1.165, 1.54) is 22.3 Å². The van der Waals surface area contributed by atoms with Crippen molar-refractivity contribution in [1.29, 1.82) is 0 Å². The first-order valence-corrected chi connectivity index (χ1v) is 9.03. The number of ether oxygens (including phenoxy) is 1. The summed E-state index contributed by atoms with van der Waals surface area (Å²) < 4.78 is 5.53. The third-order valence-electron chi connectivity index (χ3n) is 5.38. The number of aliphatic hydroxyl groups is 1. The molecule has 2 aliphatic rings. The Kier molecular flexibility index (Phi) is 4.45. The monoisotopic (exact) mass is 337 g/mol. The van der Waals surface area contributed by atoms with E-state index in [0.717, 1.165) is 25.7 Å². The van der Waals surface area contributed by atoms with Crippen LogP contribution in [0, 0.1) is 0 Å². The summed E-state index contributed by atoms with van der Waals surface area (Å²) in [6, 6.07) is 16.4. The van der Waals surface area contributed by atoms with Crippen LogP contribution >= 0.6 is 0 Å². The summed E-state index contributed by atoms with van der Waals surface area (Å²) in [5, 5.41) is 12.8. The fourth-order valence-corrected chi connectivity index (χ4v) is 4.07. The van der Waals surface area contributed by atoms with Crippen LogP contribution in [0.25, 0.3) is 11.1 Å². The van der Waals surface area contributed by atoms with Crippen molar-refractivity contribution in [3.8, 4) is 11.1 Å². The second-order valence-corrected chi connectivity index (χ2v) is 6.93. The molecule has 1 fully saturated rings. The van der Waals surface area contributed by atoms with Crippen molar-refractivity contribution < 1.29 is 14.6 Å². The summed E-state index contributed by atoms with van der Waals surface area (Å²) in [5.41, 5.74) is 4.84. The molecule has 4 nitrogen and oxygen atoms in total. The molecule has 4 rings (SSSR count). The molecule has 0 bridgehead atoms. The van der Waals surface area contributed by atoms with Crippen LogP contribution in [0.3, 0.4) is 0 Å². The lowest BCUT2D eigenvalue weighted by atomic mass is 9.93. The summed E-state index contributed by atoms with van der Waals surface area (Å²) in [5.74, 6) is 0.0643. The van der Waals surface area contributed by atoms with Crippen LogP contribution in [0.15, 0.2) is 48.5 Å². The molecule has 0 unspecified atom stereocenters. The molecule has 0 spiro atoms. The van der Waals surface area contributed by atoms with Gasteiger partial charge in [0.15, 0.2) is 0 Å². The Morgan fingerprint density at radius 1 is 1.00 bits per heavy atom. The number of carbonyl (C=O) groups is 1. The summed E-state index contributed by atoms with van der Waals surface area (Å²) in [6.07, 6.45) is 2.71. The predicted octanol–water partition coefficient (Wildman–Crippen LogP) is 3.83. The zero-order chi connectivity index (χ0) is 17.2. The van der Waals surface area contributed by atoms with E-state index < -0.39 is 12.2 Å². The van der Waals surface area contributed by atoms with E-state index in [0.29, 0.717) is 6.61 Å². The van der Waals surface area contributed by atoms with Crippen LogP contribution in [-0.4, -0.2) is 30.0 Å². The maximum Gasteiger partial charge on any atom is 0.407 e. The van der Waals surface area contributed by atoms with Crippen LogP contribution in [0.4, 0.5) is 4.79 Å². The van der Waals surface area contributed by atoms with E-state index in [1.807, 2.05) is 24.3 Å². The first-order chi connectivity index (χ1) is 12.2. The number of nitrogens with one attached hydrogen (secondary N) is 1. The largest absolute Gasteiger partial charge is 0.449 e. The summed E-state index contributed by atoms with van der Waals surface area (Å²) in [7, 11) is 0. The average molecular weight is 337 g/mol. The first kappa shape index (κ1) is 16.2. The van der Waals surface area contributed by atoms with Crippen molar-refractivity contribution in [2.45, 2.75) is 43.7 Å². The minimum absolute atomic E-state index is 0.0643. The van der Waals surface area contributed by atoms with Crippen LogP contribution < -0.4 is 5.32 Å². The van der Waals surface area contributed by atoms with Gasteiger partial charge in [-0.2, -0.15) is 0 Å². The maximum atomic E-state index is 12.2. The molecule has 4 heteroatoms. The van der Waals surface area contributed by atoms with Crippen LogP contribution in [0.1, 0.15) is 42.7 Å². The van der Waals surface area contributed by atoms with Gasteiger partial charge in [-0.05, 0) is 35.1 Å². The molecule has 0 heterocycles. The SMILES string of the molecule is O=C(N[C@@H]1CCCC[C@H]1O)OCC1c2ccccc2-c2ccccc21. The zero-order valence-corrected chi connectivity index (χ0v) is 14.2. The molecule has 1 amide bonds. The molecule has 25 heavy (non-hydrogen) atoms. The van der Waals surface area contributed by atoms with Gasteiger partial charge in [0.1, 0.15) is 6.61 Å². The molecular formula is C21H23NO3. The highest BCUT2D eigenvalue weighted by Gasteiger charge is 2.30. The van der Waals surface area contributed by atoms with Gasteiger partial charge in [-0.25, -0.2) is 4.79 Å². The third kappa shape index (κ3) is 3.14. The topological polar surface area (TPSA) is 58.6 Å². The van der Waals surface area contributed by atoms with Crippen molar-refractivity contribution in [3.05, 3.63) is 59.7 Å². The number of aliphatic hydroxyl groups excluding tert-OH is 1. The number of carbonyl (C=O) groups excluding carboxylic acids is 1. The Bertz CT molecular complexity index is 728. The van der Waals surface area contributed by atoms with Gasteiger partial charge in [0.05, 0.1) is 12.1 Å². The molecule has 0 saturated heterocycles. The van der Waals surface area contributed by atoms with Crippen molar-refractivity contribution in [2.24, 2.45) is 0 Å². The lowest BCUT2D eigenvalue weighted by molar-refractivity contribution is 0.0792. The number of rotatable bonds is 3. The molecular weight excluding hydrogens is 314 g/mol. The molecule has 130 valence electrons. The van der Waals surface area contributed by atoms with Crippen LogP contribution in [0.2, 0.25) is 0 Å². The van der Waals surface area contributed by atoms with E-state index in [-0.39, 0.29) is 12.0 Å². The van der Waals surface area contributed by atoms with Gasteiger partial charge in [-0.15, -0.1) is 0 Å². The molecule has 1 saturated carbocycles. The standard InChI is InChI=1S/C21H23NO3/c23-20-12-6-5-11-19(20)22-21(24)25-13-18-16-9-3-1-7-14(16)15-8-2-4-10-17(15)18/h1-4,7-10,18-20,23H,5-6,11-13H2,(H,22,24)/t19-,20-/m1/s1. The summed E-state index contributed by atoms with van der Waals surface area (Å²) in [6.45, 7) is 0.308.